The van der Waals surface area contributed by atoms with Crippen molar-refractivity contribution in [3.05, 3.63) is 70.9 Å². The molecule has 188 valence electrons. The number of aryl methyl sites for hydroxylation is 1. The van der Waals surface area contributed by atoms with Gasteiger partial charge in [-0.25, -0.2) is 0 Å². The third-order valence-electron chi connectivity index (χ3n) is 6.09. The Morgan fingerprint density at radius 3 is 2.44 bits per heavy atom. The van der Waals surface area contributed by atoms with Crippen molar-refractivity contribution in [3.63, 3.8) is 0 Å². The molecule has 0 saturated carbocycles. The van der Waals surface area contributed by atoms with Gasteiger partial charge in [0.2, 0.25) is 5.91 Å². The molecular formula is C27H29ClN4O3S. The van der Waals surface area contributed by atoms with Crippen LogP contribution in [-0.2, 0) is 4.79 Å². The number of hydrogen-bond donors (Lipinski definition) is 2. The molecule has 0 unspecified atom stereocenters. The third kappa shape index (κ3) is 5.88. The van der Waals surface area contributed by atoms with E-state index in [1.165, 1.54) is 0 Å². The number of hydrogen-bond acceptors (Lipinski definition) is 5. The highest BCUT2D eigenvalue weighted by molar-refractivity contribution is 7.80. The topological polar surface area (TPSA) is 77.8 Å². The van der Waals surface area contributed by atoms with Crippen molar-refractivity contribution in [3.8, 4) is 11.3 Å². The molecule has 7 nitrogen and oxygen atoms in total. The van der Waals surface area contributed by atoms with Gasteiger partial charge in [-0.05, 0) is 55.0 Å². The molecule has 1 aromatic heterocycles. The fraction of sp³-hybridized carbons (Fsp3) is 0.296. The number of piperazine rings is 1. The van der Waals surface area contributed by atoms with Gasteiger partial charge < -0.3 is 19.5 Å². The van der Waals surface area contributed by atoms with Crippen LogP contribution in [0.1, 0.15) is 30.0 Å². The van der Waals surface area contributed by atoms with E-state index < -0.39 is 5.91 Å². The Balaban J connectivity index is 1.38. The summed E-state index contributed by atoms with van der Waals surface area (Å²) in [5.74, 6) is 0.407. The van der Waals surface area contributed by atoms with Crippen molar-refractivity contribution in [2.24, 2.45) is 5.92 Å². The van der Waals surface area contributed by atoms with Gasteiger partial charge in [0.1, 0.15) is 5.76 Å². The number of carbonyl (C=O) groups is 2. The zero-order valence-corrected chi connectivity index (χ0v) is 22.1. The highest BCUT2D eigenvalue weighted by Crippen LogP contribution is 2.28. The van der Waals surface area contributed by atoms with E-state index in [1.807, 2.05) is 62.1 Å². The van der Waals surface area contributed by atoms with Crippen LogP contribution in [0.3, 0.4) is 0 Å². The number of furan rings is 1. The predicted molar refractivity (Wildman–Crippen MR) is 148 cm³/mol. The molecular weight excluding hydrogens is 496 g/mol. The number of halogens is 1. The van der Waals surface area contributed by atoms with E-state index >= 15 is 0 Å². The molecule has 2 aromatic carbocycles. The van der Waals surface area contributed by atoms with E-state index in [4.69, 9.17) is 28.2 Å². The van der Waals surface area contributed by atoms with Crippen molar-refractivity contribution >= 4 is 52.1 Å². The SMILES string of the molecule is Cc1ccc(-c2ccc(C(=O)NC(=S)Nc3ccccc3N3CCN(C(=O)C(C)C)CC3)o2)cc1Cl. The first-order valence-electron chi connectivity index (χ1n) is 11.8. The molecule has 1 aliphatic rings. The Kier molecular flexibility index (Phi) is 7.96. The summed E-state index contributed by atoms with van der Waals surface area (Å²) in [4.78, 5) is 29.2. The van der Waals surface area contributed by atoms with Gasteiger partial charge in [-0.3, -0.25) is 14.9 Å². The normalized spacial score (nSPS) is 13.6. The van der Waals surface area contributed by atoms with Gasteiger partial charge in [0.15, 0.2) is 10.9 Å². The zero-order chi connectivity index (χ0) is 25.8. The second kappa shape index (κ2) is 11.1. The molecule has 1 fully saturated rings. The van der Waals surface area contributed by atoms with Gasteiger partial charge >= 0.3 is 0 Å². The lowest BCUT2D eigenvalue weighted by atomic mass is 10.1. The summed E-state index contributed by atoms with van der Waals surface area (Å²) in [7, 11) is 0. The van der Waals surface area contributed by atoms with E-state index in [-0.39, 0.29) is 22.7 Å². The number of amides is 2. The second-order valence-corrected chi connectivity index (χ2v) is 9.84. The predicted octanol–water partition coefficient (Wildman–Crippen LogP) is 5.34. The number of nitrogens with zero attached hydrogens (tertiary/aromatic N) is 2. The van der Waals surface area contributed by atoms with Gasteiger partial charge in [-0.15, -0.1) is 0 Å². The highest BCUT2D eigenvalue weighted by Gasteiger charge is 2.24. The quantitative estimate of drug-likeness (QED) is 0.439. The van der Waals surface area contributed by atoms with Crippen LogP contribution in [0.25, 0.3) is 11.3 Å². The summed E-state index contributed by atoms with van der Waals surface area (Å²) >= 11 is 11.6. The molecule has 0 spiro atoms. The summed E-state index contributed by atoms with van der Waals surface area (Å²) in [6, 6.07) is 16.7. The summed E-state index contributed by atoms with van der Waals surface area (Å²) in [5.41, 5.74) is 3.49. The summed E-state index contributed by atoms with van der Waals surface area (Å²) in [6.45, 7) is 8.53. The number of carbonyl (C=O) groups excluding carboxylic acids is 2. The third-order valence-corrected chi connectivity index (χ3v) is 6.70. The van der Waals surface area contributed by atoms with Gasteiger partial charge in [-0.1, -0.05) is 49.7 Å². The number of benzene rings is 2. The Morgan fingerprint density at radius 1 is 1.03 bits per heavy atom. The lowest BCUT2D eigenvalue weighted by Gasteiger charge is -2.37. The standard InChI is InChI=1S/C27H29ClN4O3S/c1-17(2)26(34)32-14-12-31(13-15-32)22-7-5-4-6-21(22)29-27(36)30-25(33)24-11-10-23(35-24)19-9-8-18(3)20(28)16-19/h4-11,16-17H,12-15H2,1-3H3,(H2,29,30,33,36). The van der Waals surface area contributed by atoms with Gasteiger partial charge in [-0.2, -0.15) is 0 Å². The first kappa shape index (κ1) is 25.7. The van der Waals surface area contributed by atoms with E-state index in [9.17, 15) is 9.59 Å². The Bertz CT molecular complexity index is 1280. The van der Waals surface area contributed by atoms with E-state index in [1.54, 1.807) is 18.2 Å². The largest absolute Gasteiger partial charge is 0.451 e. The van der Waals surface area contributed by atoms with E-state index in [0.717, 1.165) is 22.5 Å². The summed E-state index contributed by atoms with van der Waals surface area (Å²) < 4.78 is 5.74. The number of anilines is 2. The van der Waals surface area contributed by atoms with Crippen molar-refractivity contribution in [2.75, 3.05) is 36.4 Å². The Hall–Kier alpha value is -3.36. The van der Waals surface area contributed by atoms with Crippen LogP contribution in [-0.4, -0.2) is 48.0 Å². The maximum atomic E-state index is 12.7. The summed E-state index contributed by atoms with van der Waals surface area (Å²) in [5, 5.41) is 6.61. The van der Waals surface area contributed by atoms with Crippen LogP contribution in [0.15, 0.2) is 59.0 Å². The molecule has 1 aliphatic heterocycles. The van der Waals surface area contributed by atoms with Crippen LogP contribution in [0.5, 0.6) is 0 Å². The molecule has 9 heteroatoms. The zero-order valence-electron chi connectivity index (χ0n) is 20.5. The fourth-order valence-corrected chi connectivity index (χ4v) is 4.45. The molecule has 0 aliphatic carbocycles. The maximum Gasteiger partial charge on any atom is 0.293 e. The van der Waals surface area contributed by atoms with Crippen LogP contribution >= 0.6 is 23.8 Å². The minimum atomic E-state index is -0.449. The van der Waals surface area contributed by atoms with Crippen molar-refractivity contribution < 1.29 is 14.0 Å². The molecule has 2 N–H and O–H groups in total. The van der Waals surface area contributed by atoms with Gasteiger partial charge in [0, 0.05) is 42.7 Å². The molecule has 0 bridgehead atoms. The van der Waals surface area contributed by atoms with Gasteiger partial charge in [0.25, 0.3) is 5.91 Å². The second-order valence-electron chi connectivity index (χ2n) is 9.02. The lowest BCUT2D eigenvalue weighted by Crippen LogP contribution is -2.50. The monoisotopic (exact) mass is 524 g/mol. The maximum absolute atomic E-state index is 12.7. The average molecular weight is 525 g/mol. The fourth-order valence-electron chi connectivity index (χ4n) is 4.07. The van der Waals surface area contributed by atoms with Crippen LogP contribution < -0.4 is 15.5 Å². The first-order valence-corrected chi connectivity index (χ1v) is 12.6. The Morgan fingerprint density at radius 2 is 1.75 bits per heavy atom. The number of para-hydroxylation sites is 2. The van der Waals surface area contributed by atoms with E-state index in [2.05, 4.69) is 15.5 Å². The first-order chi connectivity index (χ1) is 17.2. The molecule has 4 rings (SSSR count). The smallest absolute Gasteiger partial charge is 0.293 e. The molecule has 0 radical (unpaired) electrons. The lowest BCUT2D eigenvalue weighted by molar-refractivity contribution is -0.134. The average Bonchev–Trinajstić information content (AvgIpc) is 3.36. The van der Waals surface area contributed by atoms with E-state index in [0.29, 0.717) is 37.0 Å². The minimum Gasteiger partial charge on any atom is -0.451 e. The molecule has 2 heterocycles. The highest BCUT2D eigenvalue weighted by atomic mass is 35.5. The minimum absolute atomic E-state index is 0.00794. The molecule has 1 saturated heterocycles. The molecule has 36 heavy (non-hydrogen) atoms. The molecule has 3 aromatic rings. The van der Waals surface area contributed by atoms with Gasteiger partial charge in [0.05, 0.1) is 11.4 Å². The summed E-state index contributed by atoms with van der Waals surface area (Å²) in [6.07, 6.45) is 0. The van der Waals surface area contributed by atoms with Crippen molar-refractivity contribution in [2.45, 2.75) is 20.8 Å². The van der Waals surface area contributed by atoms with Crippen LogP contribution in [0.2, 0.25) is 5.02 Å². The number of thiocarbonyl (C=S) groups is 1. The van der Waals surface area contributed by atoms with Crippen molar-refractivity contribution in [1.29, 1.82) is 0 Å². The van der Waals surface area contributed by atoms with Crippen LogP contribution in [0, 0.1) is 12.8 Å². The Labute approximate surface area is 221 Å². The van der Waals surface area contributed by atoms with Crippen LogP contribution in [0.4, 0.5) is 11.4 Å². The molecule has 2 amide bonds. The van der Waals surface area contributed by atoms with Crippen molar-refractivity contribution in [1.82, 2.24) is 10.2 Å². The number of nitrogens with one attached hydrogen (secondary N) is 2. The molecule has 0 atom stereocenters. The number of rotatable bonds is 5.